The van der Waals surface area contributed by atoms with E-state index in [1.165, 1.54) is 6.33 Å². The summed E-state index contributed by atoms with van der Waals surface area (Å²) in [6.07, 6.45) is 3.24. The molecule has 3 aromatic rings. The lowest BCUT2D eigenvalue weighted by Gasteiger charge is -2.11. The standard InChI is InChI=1S/C23H24N4O2S/c1-4-5-12-24-22-21-23(26-14-25-22)30(28,29)19-11-8-16(3)13-18(19)20(27-21)17-9-6-15(2)7-10-17/h6-11,13-14H,4-5,12H2,1-3H3,(H,24,25,26). The van der Waals surface area contributed by atoms with Gasteiger partial charge in [-0.15, -0.1) is 0 Å². The van der Waals surface area contributed by atoms with Crippen LogP contribution in [0.4, 0.5) is 11.5 Å². The van der Waals surface area contributed by atoms with Crippen LogP contribution in [-0.4, -0.2) is 30.6 Å². The number of nitrogens with one attached hydrogen (secondary N) is 1. The Morgan fingerprint density at radius 2 is 1.70 bits per heavy atom. The van der Waals surface area contributed by atoms with Crippen molar-refractivity contribution in [2.75, 3.05) is 11.9 Å². The van der Waals surface area contributed by atoms with Crippen molar-refractivity contribution < 1.29 is 8.42 Å². The first-order chi connectivity index (χ1) is 14.4. The van der Waals surface area contributed by atoms with Crippen LogP contribution in [0.25, 0.3) is 0 Å². The maximum absolute atomic E-state index is 13.5. The molecule has 2 heterocycles. The number of unbranched alkanes of at least 4 members (excludes halogenated alkanes) is 1. The summed E-state index contributed by atoms with van der Waals surface area (Å²) in [7, 11) is -3.86. The van der Waals surface area contributed by atoms with Gasteiger partial charge in [-0.3, -0.25) is 0 Å². The molecule has 154 valence electrons. The van der Waals surface area contributed by atoms with Crippen LogP contribution in [0.1, 0.15) is 42.0 Å². The van der Waals surface area contributed by atoms with Crippen molar-refractivity contribution in [2.24, 2.45) is 4.99 Å². The quantitative estimate of drug-likeness (QED) is 0.376. The summed E-state index contributed by atoms with van der Waals surface area (Å²) in [6, 6.07) is 13.2. The molecule has 0 bridgehead atoms. The molecule has 1 N–H and O–H groups in total. The Hall–Kier alpha value is -3.06. The molecule has 1 aliphatic rings. The first kappa shape index (κ1) is 20.2. The Bertz CT molecular complexity index is 1230. The minimum atomic E-state index is -3.86. The lowest BCUT2D eigenvalue weighted by atomic mass is 9.99. The second-order valence-electron chi connectivity index (χ2n) is 7.49. The molecule has 0 radical (unpaired) electrons. The zero-order valence-corrected chi connectivity index (χ0v) is 18.1. The minimum Gasteiger partial charge on any atom is -0.368 e. The molecule has 1 aromatic heterocycles. The fraction of sp³-hybridized carbons (Fsp3) is 0.261. The van der Waals surface area contributed by atoms with Gasteiger partial charge < -0.3 is 5.32 Å². The molecule has 0 fully saturated rings. The normalized spacial score (nSPS) is 14.3. The number of aliphatic imine (C=N–C) groups is 1. The number of hydrogen-bond donors (Lipinski definition) is 1. The number of nitrogens with zero attached hydrogens (tertiary/aromatic N) is 3. The fourth-order valence-corrected chi connectivity index (χ4v) is 4.93. The third kappa shape index (κ3) is 3.61. The molecule has 1 aliphatic heterocycles. The third-order valence-electron chi connectivity index (χ3n) is 5.09. The number of aromatic nitrogens is 2. The van der Waals surface area contributed by atoms with E-state index >= 15 is 0 Å². The van der Waals surface area contributed by atoms with Gasteiger partial charge in [-0.05, 0) is 32.4 Å². The molecule has 2 aromatic carbocycles. The molecule has 7 heteroatoms. The molecule has 0 unspecified atom stereocenters. The van der Waals surface area contributed by atoms with Gasteiger partial charge >= 0.3 is 0 Å². The maximum Gasteiger partial charge on any atom is 0.226 e. The van der Waals surface area contributed by atoms with Gasteiger partial charge in [0.05, 0.1) is 10.6 Å². The molecule has 0 aliphatic carbocycles. The maximum atomic E-state index is 13.5. The van der Waals surface area contributed by atoms with E-state index in [2.05, 4.69) is 22.2 Å². The summed E-state index contributed by atoms with van der Waals surface area (Å²) >= 11 is 0. The minimum absolute atomic E-state index is 0.0660. The summed E-state index contributed by atoms with van der Waals surface area (Å²) in [5.74, 6) is 0.436. The molecule has 30 heavy (non-hydrogen) atoms. The number of benzene rings is 2. The van der Waals surface area contributed by atoms with Crippen molar-refractivity contribution in [3.63, 3.8) is 0 Å². The first-order valence-corrected chi connectivity index (χ1v) is 11.5. The molecule has 0 spiro atoms. The van der Waals surface area contributed by atoms with Gasteiger partial charge in [-0.2, -0.15) is 0 Å². The van der Waals surface area contributed by atoms with E-state index < -0.39 is 9.84 Å². The highest BCUT2D eigenvalue weighted by Gasteiger charge is 2.33. The number of anilines is 1. The van der Waals surface area contributed by atoms with Crippen molar-refractivity contribution in [3.05, 3.63) is 71.0 Å². The first-order valence-electron chi connectivity index (χ1n) is 10.0. The second kappa shape index (κ2) is 7.99. The van der Waals surface area contributed by atoms with E-state index in [9.17, 15) is 8.42 Å². The van der Waals surface area contributed by atoms with Crippen LogP contribution in [0.3, 0.4) is 0 Å². The van der Waals surface area contributed by atoms with Crippen LogP contribution in [0.2, 0.25) is 0 Å². The van der Waals surface area contributed by atoms with Gasteiger partial charge in [0.25, 0.3) is 0 Å². The van der Waals surface area contributed by atoms with Gasteiger partial charge in [-0.25, -0.2) is 23.4 Å². The number of rotatable bonds is 5. The SMILES string of the molecule is CCCCNc1ncnc2c1N=C(c1ccc(C)cc1)c1cc(C)ccc1S2(=O)=O. The lowest BCUT2D eigenvalue weighted by molar-refractivity contribution is 0.592. The number of hydrogen-bond acceptors (Lipinski definition) is 6. The summed E-state index contributed by atoms with van der Waals surface area (Å²) in [5.41, 5.74) is 4.37. The van der Waals surface area contributed by atoms with Crippen LogP contribution < -0.4 is 5.32 Å². The van der Waals surface area contributed by atoms with Gasteiger partial charge in [0.1, 0.15) is 12.0 Å². The van der Waals surface area contributed by atoms with Crippen molar-refractivity contribution in [3.8, 4) is 0 Å². The third-order valence-corrected chi connectivity index (χ3v) is 6.84. The zero-order chi connectivity index (χ0) is 21.3. The molecule has 4 rings (SSSR count). The largest absolute Gasteiger partial charge is 0.368 e. The number of aryl methyl sites for hydroxylation is 2. The Morgan fingerprint density at radius 1 is 0.967 bits per heavy atom. The number of fused-ring (bicyclic) bond motifs is 2. The van der Waals surface area contributed by atoms with Crippen molar-refractivity contribution in [2.45, 2.75) is 43.5 Å². The van der Waals surface area contributed by atoms with Crippen LogP contribution in [0, 0.1) is 13.8 Å². The summed E-state index contributed by atoms with van der Waals surface area (Å²) < 4.78 is 27.1. The highest BCUT2D eigenvalue weighted by atomic mass is 32.2. The average molecular weight is 421 g/mol. The monoisotopic (exact) mass is 420 g/mol. The molecule has 6 nitrogen and oxygen atoms in total. The van der Waals surface area contributed by atoms with Crippen molar-refractivity contribution in [1.29, 1.82) is 0 Å². The van der Waals surface area contributed by atoms with Crippen molar-refractivity contribution in [1.82, 2.24) is 9.97 Å². The Labute approximate surface area is 177 Å². The molecular formula is C23H24N4O2S. The summed E-state index contributed by atoms with van der Waals surface area (Å²) in [5, 5.41) is 3.17. The van der Waals surface area contributed by atoms with E-state index in [-0.39, 0.29) is 15.6 Å². The van der Waals surface area contributed by atoms with Crippen LogP contribution in [-0.2, 0) is 9.84 Å². The topological polar surface area (TPSA) is 84.3 Å². The van der Waals surface area contributed by atoms with Crippen LogP contribution >= 0.6 is 0 Å². The predicted molar refractivity (Wildman–Crippen MR) is 119 cm³/mol. The predicted octanol–water partition coefficient (Wildman–Crippen LogP) is 4.62. The molecule has 0 atom stereocenters. The summed E-state index contributed by atoms with van der Waals surface area (Å²) in [6.45, 7) is 6.73. The second-order valence-corrected chi connectivity index (χ2v) is 9.32. The fourth-order valence-electron chi connectivity index (χ4n) is 3.44. The Morgan fingerprint density at radius 3 is 2.43 bits per heavy atom. The molecule has 0 saturated carbocycles. The highest BCUT2D eigenvalue weighted by Crippen LogP contribution is 2.39. The molecule has 0 saturated heterocycles. The van der Waals surface area contributed by atoms with Gasteiger partial charge in [-0.1, -0.05) is 54.8 Å². The Balaban J connectivity index is 2.02. The van der Waals surface area contributed by atoms with Crippen LogP contribution in [0.5, 0.6) is 0 Å². The van der Waals surface area contributed by atoms with E-state index in [0.29, 0.717) is 23.6 Å². The van der Waals surface area contributed by atoms with E-state index in [4.69, 9.17) is 4.99 Å². The highest BCUT2D eigenvalue weighted by molar-refractivity contribution is 7.91. The smallest absolute Gasteiger partial charge is 0.226 e. The van der Waals surface area contributed by atoms with Gasteiger partial charge in [0.2, 0.25) is 9.84 Å². The van der Waals surface area contributed by atoms with E-state index in [0.717, 1.165) is 29.5 Å². The Kier molecular flexibility index (Phi) is 5.39. The van der Waals surface area contributed by atoms with Crippen molar-refractivity contribution >= 4 is 27.1 Å². The van der Waals surface area contributed by atoms with Gasteiger partial charge in [0, 0.05) is 17.7 Å². The van der Waals surface area contributed by atoms with Gasteiger partial charge in [0.15, 0.2) is 10.8 Å². The molecule has 0 amide bonds. The molecular weight excluding hydrogens is 396 g/mol. The van der Waals surface area contributed by atoms with Crippen LogP contribution in [0.15, 0.2) is 63.7 Å². The zero-order valence-electron chi connectivity index (χ0n) is 17.3. The van der Waals surface area contributed by atoms with E-state index in [1.807, 2.05) is 44.2 Å². The summed E-state index contributed by atoms with van der Waals surface area (Å²) in [4.78, 5) is 13.5. The average Bonchev–Trinajstić information content (AvgIpc) is 2.82. The van der Waals surface area contributed by atoms with E-state index in [1.54, 1.807) is 12.1 Å². The number of sulfone groups is 1. The lowest BCUT2D eigenvalue weighted by Crippen LogP contribution is -2.11.